The topological polar surface area (TPSA) is 57.2 Å². The minimum atomic E-state index is -0.232. The van der Waals surface area contributed by atoms with E-state index in [9.17, 15) is 4.79 Å². The molecule has 1 atom stereocenters. The van der Waals surface area contributed by atoms with E-state index < -0.39 is 0 Å². The Balaban J connectivity index is 1.51. The SMILES string of the molecule is COc1cc2c(cc1OC)C(c1ccccc1)N(C(=O)Cc1cc(Cl)c3c(c1)OCCO3)CC2. The Morgan fingerprint density at radius 1 is 1.03 bits per heavy atom. The number of methoxy groups -OCH3 is 2. The van der Waals surface area contributed by atoms with Crippen molar-refractivity contribution in [2.24, 2.45) is 0 Å². The summed E-state index contributed by atoms with van der Waals surface area (Å²) in [6.07, 6.45) is 0.939. The van der Waals surface area contributed by atoms with Gasteiger partial charge < -0.3 is 23.8 Å². The van der Waals surface area contributed by atoms with Gasteiger partial charge in [-0.15, -0.1) is 0 Å². The quantitative estimate of drug-likeness (QED) is 0.524. The number of benzene rings is 3. The number of nitrogens with zero attached hydrogens (tertiary/aromatic N) is 1. The van der Waals surface area contributed by atoms with E-state index in [0.717, 1.165) is 28.7 Å². The number of hydrogen-bond acceptors (Lipinski definition) is 5. The normalized spacial score (nSPS) is 16.6. The van der Waals surface area contributed by atoms with E-state index in [1.165, 1.54) is 0 Å². The van der Waals surface area contributed by atoms with E-state index in [-0.39, 0.29) is 18.4 Å². The lowest BCUT2D eigenvalue weighted by Gasteiger charge is -2.38. The third-order valence-electron chi connectivity index (χ3n) is 6.32. The summed E-state index contributed by atoms with van der Waals surface area (Å²) in [6, 6.07) is 17.5. The summed E-state index contributed by atoms with van der Waals surface area (Å²) in [5.74, 6) is 2.48. The van der Waals surface area contributed by atoms with Crippen LogP contribution in [0.25, 0.3) is 0 Å². The molecule has 1 unspecified atom stereocenters. The van der Waals surface area contributed by atoms with Crippen LogP contribution in [-0.4, -0.2) is 44.8 Å². The van der Waals surface area contributed by atoms with Crippen LogP contribution in [0.4, 0.5) is 0 Å². The first-order valence-corrected chi connectivity index (χ1v) is 11.6. The second kappa shape index (κ2) is 9.47. The molecule has 0 N–H and O–H groups in total. The zero-order chi connectivity index (χ0) is 23.7. The van der Waals surface area contributed by atoms with Gasteiger partial charge in [-0.25, -0.2) is 0 Å². The van der Waals surface area contributed by atoms with Gasteiger partial charge in [0.05, 0.1) is 31.7 Å². The van der Waals surface area contributed by atoms with Crippen LogP contribution < -0.4 is 18.9 Å². The Hall–Kier alpha value is -3.38. The third kappa shape index (κ3) is 4.14. The van der Waals surface area contributed by atoms with Gasteiger partial charge in [0.1, 0.15) is 13.2 Å². The zero-order valence-corrected chi connectivity index (χ0v) is 19.9. The summed E-state index contributed by atoms with van der Waals surface area (Å²) in [5, 5.41) is 0.459. The lowest BCUT2D eigenvalue weighted by atomic mass is 9.87. The molecule has 0 bridgehead atoms. The van der Waals surface area contributed by atoms with E-state index in [0.29, 0.717) is 47.8 Å². The van der Waals surface area contributed by atoms with Crippen molar-refractivity contribution in [3.05, 3.63) is 81.9 Å². The fourth-order valence-corrected chi connectivity index (χ4v) is 5.04. The van der Waals surface area contributed by atoms with Crippen LogP contribution in [0.3, 0.4) is 0 Å². The van der Waals surface area contributed by atoms with Crippen molar-refractivity contribution in [2.45, 2.75) is 18.9 Å². The molecule has 2 aliphatic rings. The van der Waals surface area contributed by atoms with Gasteiger partial charge in [0.15, 0.2) is 23.0 Å². The first-order chi connectivity index (χ1) is 16.6. The van der Waals surface area contributed by atoms with Gasteiger partial charge in [0, 0.05) is 6.54 Å². The summed E-state index contributed by atoms with van der Waals surface area (Å²) in [6.45, 7) is 1.52. The van der Waals surface area contributed by atoms with Crippen LogP contribution in [0.2, 0.25) is 5.02 Å². The molecule has 7 heteroatoms. The lowest BCUT2D eigenvalue weighted by molar-refractivity contribution is -0.132. The standard InChI is InChI=1S/C27H26ClNO5/c1-31-22-15-19-8-9-29(26(18-6-4-3-5-7-18)20(19)16-23(22)32-2)25(30)14-17-12-21(28)27-24(13-17)33-10-11-34-27/h3-7,12-13,15-16,26H,8-11,14H2,1-2H3. The molecular weight excluding hydrogens is 454 g/mol. The highest BCUT2D eigenvalue weighted by Gasteiger charge is 2.33. The molecule has 5 rings (SSSR count). The number of amides is 1. The maximum atomic E-state index is 13.7. The molecule has 0 radical (unpaired) electrons. The number of fused-ring (bicyclic) bond motifs is 2. The van der Waals surface area contributed by atoms with Crippen LogP contribution in [0, 0.1) is 0 Å². The summed E-state index contributed by atoms with van der Waals surface area (Å²) in [7, 11) is 3.26. The molecule has 34 heavy (non-hydrogen) atoms. The first kappa shape index (κ1) is 22.4. The Kier molecular flexibility index (Phi) is 6.24. The monoisotopic (exact) mass is 479 g/mol. The molecule has 2 aliphatic heterocycles. The molecule has 0 saturated heterocycles. The predicted molar refractivity (Wildman–Crippen MR) is 129 cm³/mol. The Morgan fingerprint density at radius 3 is 2.53 bits per heavy atom. The van der Waals surface area contributed by atoms with Gasteiger partial charge in [-0.3, -0.25) is 4.79 Å². The van der Waals surface area contributed by atoms with E-state index in [4.69, 9.17) is 30.5 Å². The van der Waals surface area contributed by atoms with Gasteiger partial charge in [-0.05, 0) is 52.9 Å². The maximum Gasteiger partial charge on any atom is 0.227 e. The average Bonchev–Trinajstić information content (AvgIpc) is 2.87. The Bertz CT molecular complexity index is 1210. The van der Waals surface area contributed by atoms with E-state index in [1.54, 1.807) is 20.3 Å². The highest BCUT2D eigenvalue weighted by molar-refractivity contribution is 6.32. The van der Waals surface area contributed by atoms with Crippen LogP contribution in [0.1, 0.15) is 28.3 Å². The number of carbonyl (C=O) groups is 1. The van der Waals surface area contributed by atoms with E-state index in [2.05, 4.69) is 12.1 Å². The van der Waals surface area contributed by atoms with Crippen LogP contribution in [0.5, 0.6) is 23.0 Å². The molecule has 0 saturated carbocycles. The van der Waals surface area contributed by atoms with Crippen molar-refractivity contribution >= 4 is 17.5 Å². The molecule has 3 aromatic rings. The van der Waals surface area contributed by atoms with Crippen LogP contribution in [0.15, 0.2) is 54.6 Å². The number of carbonyl (C=O) groups excluding carboxylic acids is 1. The largest absolute Gasteiger partial charge is 0.493 e. The van der Waals surface area contributed by atoms with Crippen molar-refractivity contribution in [3.63, 3.8) is 0 Å². The van der Waals surface area contributed by atoms with Crippen molar-refractivity contribution in [2.75, 3.05) is 34.0 Å². The molecule has 176 valence electrons. The highest BCUT2D eigenvalue weighted by atomic mass is 35.5. The van der Waals surface area contributed by atoms with Gasteiger partial charge in [0.2, 0.25) is 5.91 Å². The fraction of sp³-hybridized carbons (Fsp3) is 0.296. The molecule has 1 amide bonds. The number of halogens is 1. The average molecular weight is 480 g/mol. The predicted octanol–water partition coefficient (Wildman–Crippen LogP) is 4.85. The smallest absolute Gasteiger partial charge is 0.227 e. The van der Waals surface area contributed by atoms with Gasteiger partial charge in [-0.1, -0.05) is 41.9 Å². The van der Waals surface area contributed by atoms with Gasteiger partial charge in [0.25, 0.3) is 0 Å². The summed E-state index contributed by atoms with van der Waals surface area (Å²) < 4.78 is 22.4. The lowest BCUT2D eigenvalue weighted by Crippen LogP contribution is -2.41. The molecule has 0 fully saturated rings. The maximum absolute atomic E-state index is 13.7. The second-order valence-electron chi connectivity index (χ2n) is 8.33. The fourth-order valence-electron chi connectivity index (χ4n) is 4.75. The minimum Gasteiger partial charge on any atom is -0.493 e. The highest BCUT2D eigenvalue weighted by Crippen LogP contribution is 2.42. The molecule has 6 nitrogen and oxygen atoms in total. The number of rotatable bonds is 5. The van der Waals surface area contributed by atoms with Crippen molar-refractivity contribution in [3.8, 4) is 23.0 Å². The molecule has 3 aromatic carbocycles. The van der Waals surface area contributed by atoms with Crippen molar-refractivity contribution < 1.29 is 23.7 Å². The van der Waals surface area contributed by atoms with E-state index >= 15 is 0 Å². The number of hydrogen-bond donors (Lipinski definition) is 0. The van der Waals surface area contributed by atoms with Crippen LogP contribution >= 0.6 is 11.6 Å². The summed E-state index contributed by atoms with van der Waals surface area (Å²) >= 11 is 6.41. The second-order valence-corrected chi connectivity index (χ2v) is 8.74. The molecule has 2 heterocycles. The van der Waals surface area contributed by atoms with Gasteiger partial charge >= 0.3 is 0 Å². The van der Waals surface area contributed by atoms with Gasteiger partial charge in [-0.2, -0.15) is 0 Å². The Morgan fingerprint density at radius 2 is 1.76 bits per heavy atom. The van der Waals surface area contributed by atoms with Crippen molar-refractivity contribution in [1.29, 1.82) is 0 Å². The Labute approximate surface area is 203 Å². The third-order valence-corrected chi connectivity index (χ3v) is 6.60. The summed E-state index contributed by atoms with van der Waals surface area (Å²) in [5.41, 5.74) is 4.04. The molecule has 0 aliphatic carbocycles. The minimum absolute atomic E-state index is 0.0158. The van der Waals surface area contributed by atoms with E-state index in [1.807, 2.05) is 41.3 Å². The van der Waals surface area contributed by atoms with Crippen molar-refractivity contribution in [1.82, 2.24) is 4.90 Å². The molecule has 0 aromatic heterocycles. The molecule has 0 spiro atoms. The summed E-state index contributed by atoms with van der Waals surface area (Å²) in [4.78, 5) is 15.6. The van der Waals surface area contributed by atoms with Crippen LogP contribution in [-0.2, 0) is 17.6 Å². The number of ether oxygens (including phenoxy) is 4. The molecular formula is C27H26ClNO5. The zero-order valence-electron chi connectivity index (χ0n) is 19.2. The first-order valence-electron chi connectivity index (χ1n) is 11.3.